The molecule has 52 heavy (non-hydrogen) atoms. The number of aryl methyl sites for hydroxylation is 4. The molecule has 2 atom stereocenters. The van der Waals surface area contributed by atoms with E-state index in [1.54, 1.807) is 36.4 Å². The van der Waals surface area contributed by atoms with Gasteiger partial charge in [0.1, 0.15) is 5.69 Å². The molecule has 0 aliphatic rings. The lowest BCUT2D eigenvalue weighted by Crippen LogP contribution is -2.32. The van der Waals surface area contributed by atoms with Crippen LogP contribution < -0.4 is 10.6 Å². The fraction of sp³-hybridized carbons (Fsp3) is 0.300. The Balaban J connectivity index is 1.49. The van der Waals surface area contributed by atoms with Crippen molar-refractivity contribution in [2.45, 2.75) is 79.3 Å². The van der Waals surface area contributed by atoms with Crippen molar-refractivity contribution in [3.63, 3.8) is 0 Å². The van der Waals surface area contributed by atoms with Crippen LogP contribution in [0.5, 0.6) is 0 Å². The van der Waals surface area contributed by atoms with Gasteiger partial charge in [-0.05, 0) is 109 Å². The van der Waals surface area contributed by atoms with Crippen molar-refractivity contribution in [3.8, 4) is 11.1 Å². The monoisotopic (exact) mass is 740 g/mol. The van der Waals surface area contributed by atoms with Crippen LogP contribution in [0.4, 0.5) is 22.7 Å². The minimum Gasteiger partial charge on any atom is -0.323 e. The highest BCUT2D eigenvalue weighted by molar-refractivity contribution is 6.39. The summed E-state index contributed by atoms with van der Waals surface area (Å²) in [7, 11) is 0. The first-order valence-corrected chi connectivity index (χ1v) is 17.9. The number of benzene rings is 4. The molecule has 0 spiro atoms. The van der Waals surface area contributed by atoms with Crippen LogP contribution >= 0.6 is 23.2 Å². The van der Waals surface area contributed by atoms with Gasteiger partial charge in [0, 0.05) is 11.4 Å². The quantitative estimate of drug-likeness (QED) is 0.0924. The summed E-state index contributed by atoms with van der Waals surface area (Å²) in [4.78, 5) is 51.1. The Morgan fingerprint density at radius 3 is 1.42 bits per heavy atom. The molecular formula is C40H42Cl2N6O4. The zero-order chi connectivity index (χ0) is 37.9. The average molecular weight is 742 g/mol. The topological polar surface area (TPSA) is 142 Å². The van der Waals surface area contributed by atoms with Gasteiger partial charge in [0.05, 0.1) is 15.7 Å². The molecule has 0 radical (unpaired) electrons. The van der Waals surface area contributed by atoms with E-state index in [1.165, 1.54) is 13.8 Å². The van der Waals surface area contributed by atoms with Gasteiger partial charge in [-0.15, -0.1) is 0 Å². The van der Waals surface area contributed by atoms with Crippen molar-refractivity contribution in [3.05, 3.63) is 105 Å². The molecule has 4 aromatic carbocycles. The summed E-state index contributed by atoms with van der Waals surface area (Å²) in [5.41, 5.74) is 7.22. The van der Waals surface area contributed by atoms with Crippen LogP contribution in [0.25, 0.3) is 11.1 Å². The molecule has 2 N–H and O–H groups in total. The predicted molar refractivity (Wildman–Crippen MR) is 208 cm³/mol. The predicted octanol–water partition coefficient (Wildman–Crippen LogP) is 10.3. The maximum absolute atomic E-state index is 13.1. The number of anilines is 2. The van der Waals surface area contributed by atoms with E-state index in [9.17, 15) is 19.2 Å². The van der Waals surface area contributed by atoms with Crippen molar-refractivity contribution in [1.82, 2.24) is 0 Å². The second-order valence-corrected chi connectivity index (χ2v) is 13.0. The molecule has 10 nitrogen and oxygen atoms in total. The van der Waals surface area contributed by atoms with Crippen molar-refractivity contribution in [2.75, 3.05) is 10.6 Å². The van der Waals surface area contributed by atoms with Crippen LogP contribution in [0.3, 0.4) is 0 Å². The highest BCUT2D eigenvalue weighted by Crippen LogP contribution is 2.38. The molecule has 0 fully saturated rings. The zero-order valence-electron chi connectivity index (χ0n) is 30.1. The van der Waals surface area contributed by atoms with E-state index in [2.05, 4.69) is 31.1 Å². The smallest absolute Gasteiger partial charge is 0.258 e. The fourth-order valence-corrected chi connectivity index (χ4v) is 5.93. The van der Waals surface area contributed by atoms with Crippen LogP contribution in [0.1, 0.15) is 63.8 Å². The van der Waals surface area contributed by atoms with Gasteiger partial charge in [0.25, 0.3) is 11.8 Å². The maximum Gasteiger partial charge on any atom is 0.258 e. The van der Waals surface area contributed by atoms with E-state index in [-0.39, 0.29) is 15.7 Å². The number of hydrogen-bond acceptors (Lipinski definition) is 8. The first-order valence-electron chi connectivity index (χ1n) is 17.2. The number of azo groups is 2. The fourth-order valence-electron chi connectivity index (χ4n) is 5.36. The average Bonchev–Trinajstić information content (AvgIpc) is 3.12. The SMILES string of the molecule is CCc1ccc(CC)c(NC(=O)C(N=Nc2ccc(-c3cc(Cl)c(N=NC(C(C)=O)C(=O)Nc4cc(CC)ccc4CC)c(Cl)c3)cc2)C(C)=O)c1. The Kier molecular flexibility index (Phi) is 14.1. The highest BCUT2D eigenvalue weighted by atomic mass is 35.5. The first kappa shape index (κ1) is 39.7. The Bertz CT molecular complexity index is 2000. The molecule has 0 aliphatic heterocycles. The molecule has 0 aliphatic carbocycles. The second-order valence-electron chi connectivity index (χ2n) is 12.2. The minimum atomic E-state index is -1.40. The third-order valence-electron chi connectivity index (χ3n) is 8.49. The Labute approximate surface area is 314 Å². The van der Waals surface area contributed by atoms with Gasteiger partial charge in [-0.3, -0.25) is 19.2 Å². The van der Waals surface area contributed by atoms with E-state index >= 15 is 0 Å². The third kappa shape index (κ3) is 10.0. The molecule has 0 bridgehead atoms. The van der Waals surface area contributed by atoms with Crippen LogP contribution in [0, 0.1) is 0 Å². The van der Waals surface area contributed by atoms with Gasteiger partial charge in [-0.2, -0.15) is 20.5 Å². The van der Waals surface area contributed by atoms with Crippen molar-refractivity contribution in [1.29, 1.82) is 0 Å². The van der Waals surface area contributed by atoms with Crippen LogP contribution in [0.2, 0.25) is 10.0 Å². The van der Waals surface area contributed by atoms with Crippen LogP contribution in [-0.4, -0.2) is 35.5 Å². The van der Waals surface area contributed by atoms with Gasteiger partial charge in [0.15, 0.2) is 11.6 Å². The van der Waals surface area contributed by atoms with E-state index < -0.39 is 35.5 Å². The van der Waals surface area contributed by atoms with Gasteiger partial charge in [0.2, 0.25) is 12.1 Å². The van der Waals surface area contributed by atoms with Gasteiger partial charge < -0.3 is 10.6 Å². The third-order valence-corrected chi connectivity index (χ3v) is 9.07. The van der Waals surface area contributed by atoms with Crippen LogP contribution in [-0.2, 0) is 44.9 Å². The van der Waals surface area contributed by atoms with E-state index in [1.807, 2.05) is 64.1 Å². The zero-order valence-corrected chi connectivity index (χ0v) is 31.6. The largest absolute Gasteiger partial charge is 0.323 e. The van der Waals surface area contributed by atoms with Gasteiger partial charge in [-0.25, -0.2) is 0 Å². The Hall–Kier alpha value is -5.06. The summed E-state index contributed by atoms with van der Waals surface area (Å²) < 4.78 is 0. The molecule has 0 heterocycles. The summed E-state index contributed by atoms with van der Waals surface area (Å²) in [6, 6.07) is 19.2. The van der Waals surface area contributed by atoms with Crippen molar-refractivity contribution < 1.29 is 19.2 Å². The number of Topliss-reactive ketones (excluding diaryl/α,β-unsaturated/α-hetero) is 2. The summed E-state index contributed by atoms with van der Waals surface area (Å²) >= 11 is 13.1. The standard InChI is InChI=1S/C40H42Cl2N6O4/c1-7-25-11-13-27(9-3)34(19-25)43-39(51)36(23(5)49)46-45-31-17-15-29(16-18-31)30-21-32(41)38(33(42)22-30)48-47-37(24(6)50)40(52)44-35-20-26(8-2)12-14-28(35)10-4/h11-22,36-37H,7-10H2,1-6H3,(H,43,51)(H,44,52). The lowest BCUT2D eigenvalue weighted by atomic mass is 10.0. The molecule has 12 heteroatoms. The van der Waals surface area contributed by atoms with Gasteiger partial charge in [-0.1, -0.05) is 87.3 Å². The number of halogens is 2. The van der Waals surface area contributed by atoms with Crippen LogP contribution in [0.15, 0.2) is 93.3 Å². The number of carbonyl (C=O) groups is 4. The van der Waals surface area contributed by atoms with E-state index in [0.29, 0.717) is 29.0 Å². The van der Waals surface area contributed by atoms with Gasteiger partial charge >= 0.3 is 0 Å². The minimum absolute atomic E-state index is 0.111. The summed E-state index contributed by atoms with van der Waals surface area (Å²) in [5.74, 6) is -2.09. The molecule has 270 valence electrons. The number of rotatable bonds is 15. The molecule has 4 rings (SSSR count). The van der Waals surface area contributed by atoms with Crippen molar-refractivity contribution >= 4 is 69.3 Å². The van der Waals surface area contributed by atoms with Crippen molar-refractivity contribution in [2.24, 2.45) is 20.5 Å². The van der Waals surface area contributed by atoms with E-state index in [4.69, 9.17) is 23.2 Å². The summed E-state index contributed by atoms with van der Waals surface area (Å²) in [6.45, 7) is 10.6. The molecule has 0 aromatic heterocycles. The summed E-state index contributed by atoms with van der Waals surface area (Å²) in [5, 5.41) is 22.4. The lowest BCUT2D eigenvalue weighted by molar-refractivity contribution is -0.127. The Morgan fingerprint density at radius 1 is 0.577 bits per heavy atom. The molecule has 2 amide bonds. The second kappa shape index (κ2) is 18.4. The maximum atomic E-state index is 13.1. The number of carbonyl (C=O) groups excluding carboxylic acids is 4. The number of nitrogens with zero attached hydrogens (tertiary/aromatic N) is 4. The number of hydrogen-bond donors (Lipinski definition) is 2. The highest BCUT2D eigenvalue weighted by Gasteiger charge is 2.25. The first-order chi connectivity index (χ1) is 24.9. The molecule has 4 aromatic rings. The normalized spacial score (nSPS) is 12.5. The molecule has 2 unspecified atom stereocenters. The lowest BCUT2D eigenvalue weighted by Gasteiger charge is -2.14. The molecular weight excluding hydrogens is 699 g/mol. The summed E-state index contributed by atoms with van der Waals surface area (Å²) in [6.07, 6.45) is 3.02. The number of amides is 2. The van der Waals surface area contributed by atoms with E-state index in [0.717, 1.165) is 47.1 Å². The Morgan fingerprint density at radius 2 is 1.02 bits per heavy atom. The number of nitrogens with one attached hydrogen (secondary N) is 2. The molecule has 0 saturated carbocycles. The number of ketones is 2. The molecule has 0 saturated heterocycles.